The van der Waals surface area contributed by atoms with E-state index in [2.05, 4.69) is 5.32 Å². The van der Waals surface area contributed by atoms with E-state index in [1.165, 1.54) is 11.8 Å². The number of nitrogens with one attached hydrogen (secondary N) is 1. The van der Waals surface area contributed by atoms with E-state index in [0.717, 1.165) is 5.56 Å². The van der Waals surface area contributed by atoms with E-state index in [1.54, 1.807) is 6.07 Å². The summed E-state index contributed by atoms with van der Waals surface area (Å²) in [6.07, 6.45) is 0. The zero-order valence-corrected chi connectivity index (χ0v) is 13.1. The van der Waals surface area contributed by atoms with Gasteiger partial charge in [0, 0.05) is 24.0 Å². The summed E-state index contributed by atoms with van der Waals surface area (Å²) in [6, 6.07) is 7.34. The summed E-state index contributed by atoms with van der Waals surface area (Å²) in [5.74, 6) is -0.319. The highest BCUT2D eigenvalue weighted by Crippen LogP contribution is 2.15. The number of halogens is 1. The third-order valence-electron chi connectivity index (χ3n) is 2.93. The summed E-state index contributed by atoms with van der Waals surface area (Å²) >= 11 is 6.02. The molecule has 0 aliphatic rings. The van der Waals surface area contributed by atoms with Crippen molar-refractivity contribution in [3.63, 3.8) is 0 Å². The van der Waals surface area contributed by atoms with Crippen LogP contribution in [0.1, 0.15) is 33.3 Å². The van der Waals surface area contributed by atoms with Crippen molar-refractivity contribution < 1.29 is 9.59 Å². The summed E-state index contributed by atoms with van der Waals surface area (Å²) < 4.78 is 0. The lowest BCUT2D eigenvalue weighted by Crippen LogP contribution is -2.49. The third kappa shape index (κ3) is 4.85. The zero-order chi connectivity index (χ0) is 15.3. The molecule has 0 saturated carbocycles. The minimum absolute atomic E-state index is 0.0449. The molecule has 4 nitrogen and oxygen atoms in total. The van der Waals surface area contributed by atoms with E-state index in [1.807, 2.05) is 39.0 Å². The fourth-order valence-electron chi connectivity index (χ4n) is 1.86. The van der Waals surface area contributed by atoms with Gasteiger partial charge in [0.1, 0.15) is 6.54 Å². The van der Waals surface area contributed by atoms with Crippen LogP contribution in [0.4, 0.5) is 0 Å². The van der Waals surface area contributed by atoms with Gasteiger partial charge in [0.05, 0.1) is 0 Å². The van der Waals surface area contributed by atoms with E-state index in [0.29, 0.717) is 11.6 Å². The average molecular weight is 297 g/mol. The fourth-order valence-corrected chi connectivity index (χ4v) is 2.06. The van der Waals surface area contributed by atoms with Crippen molar-refractivity contribution in [1.29, 1.82) is 0 Å². The first kappa shape index (κ1) is 16.5. The first-order chi connectivity index (χ1) is 9.21. The molecule has 2 amide bonds. The van der Waals surface area contributed by atoms with Gasteiger partial charge in [0.15, 0.2) is 0 Å². The Morgan fingerprint density at radius 1 is 1.25 bits per heavy atom. The number of nitrogens with zero attached hydrogens (tertiary/aromatic N) is 1. The monoisotopic (exact) mass is 296 g/mol. The smallest absolute Gasteiger partial charge is 0.239 e. The maximum atomic E-state index is 11.9. The minimum atomic E-state index is -0.381. The van der Waals surface area contributed by atoms with Crippen LogP contribution in [0.25, 0.3) is 0 Å². The molecule has 0 heterocycles. The molecular weight excluding hydrogens is 276 g/mol. The molecular formula is C15H21ClN2O2. The molecule has 1 N–H and O–H groups in total. The largest absolute Gasteiger partial charge is 0.350 e. The molecule has 0 bridgehead atoms. The molecule has 0 aliphatic carbocycles. The Balaban J connectivity index is 2.60. The highest BCUT2D eigenvalue weighted by molar-refractivity contribution is 6.31. The van der Waals surface area contributed by atoms with E-state index in [4.69, 9.17) is 11.6 Å². The second kappa shape index (κ2) is 6.75. The van der Waals surface area contributed by atoms with Crippen LogP contribution >= 0.6 is 11.6 Å². The number of hydrogen-bond acceptors (Lipinski definition) is 2. The molecule has 0 fully saturated rings. The van der Waals surface area contributed by atoms with E-state index in [-0.39, 0.29) is 23.9 Å². The Morgan fingerprint density at radius 3 is 2.35 bits per heavy atom. The Bertz CT molecular complexity index is 495. The van der Waals surface area contributed by atoms with Crippen LogP contribution < -0.4 is 5.32 Å². The average Bonchev–Trinajstić information content (AvgIpc) is 2.33. The third-order valence-corrected chi connectivity index (χ3v) is 3.29. The maximum Gasteiger partial charge on any atom is 0.239 e. The molecule has 0 atom stereocenters. The number of amides is 2. The first-order valence-corrected chi connectivity index (χ1v) is 6.88. The molecule has 0 unspecified atom stereocenters. The molecule has 5 heteroatoms. The van der Waals surface area contributed by atoms with Crippen molar-refractivity contribution in [3.05, 3.63) is 34.9 Å². The Labute approximate surface area is 125 Å². The molecule has 0 aromatic heterocycles. The molecule has 1 aromatic carbocycles. The van der Waals surface area contributed by atoms with Gasteiger partial charge in [-0.3, -0.25) is 9.59 Å². The number of carbonyl (C=O) groups excluding carboxylic acids is 2. The molecule has 0 spiro atoms. The molecule has 0 aliphatic heterocycles. The van der Waals surface area contributed by atoms with Gasteiger partial charge in [-0.25, -0.2) is 0 Å². The number of rotatable bonds is 4. The number of benzene rings is 1. The maximum absolute atomic E-state index is 11.9. The van der Waals surface area contributed by atoms with E-state index in [9.17, 15) is 9.59 Å². The summed E-state index contributed by atoms with van der Waals surface area (Å²) in [6.45, 7) is 7.56. The number of hydrogen-bond donors (Lipinski definition) is 1. The summed E-state index contributed by atoms with van der Waals surface area (Å²) in [5, 5.41) is 3.40. The van der Waals surface area contributed by atoms with Gasteiger partial charge in [-0.1, -0.05) is 29.8 Å². The minimum Gasteiger partial charge on any atom is -0.350 e. The first-order valence-electron chi connectivity index (χ1n) is 6.50. The quantitative estimate of drug-likeness (QED) is 0.928. The van der Waals surface area contributed by atoms with Gasteiger partial charge in [-0.15, -0.1) is 0 Å². The second-order valence-corrected chi connectivity index (χ2v) is 6.05. The normalized spacial score (nSPS) is 11.1. The molecule has 0 radical (unpaired) electrons. The second-order valence-electron chi connectivity index (χ2n) is 5.64. The highest BCUT2D eigenvalue weighted by atomic mass is 35.5. The van der Waals surface area contributed by atoms with Crippen LogP contribution in [0, 0.1) is 0 Å². The van der Waals surface area contributed by atoms with Gasteiger partial charge in [0.25, 0.3) is 0 Å². The van der Waals surface area contributed by atoms with Gasteiger partial charge in [-0.05, 0) is 32.4 Å². The number of carbonyl (C=O) groups is 2. The van der Waals surface area contributed by atoms with Gasteiger partial charge in [0.2, 0.25) is 11.8 Å². The fraction of sp³-hybridized carbons (Fsp3) is 0.467. The summed E-state index contributed by atoms with van der Waals surface area (Å²) in [5.41, 5.74) is 0.473. The Morgan fingerprint density at radius 2 is 1.85 bits per heavy atom. The van der Waals surface area contributed by atoms with Gasteiger partial charge < -0.3 is 10.2 Å². The lowest BCUT2D eigenvalue weighted by Gasteiger charge is -2.34. The van der Waals surface area contributed by atoms with Crippen molar-refractivity contribution in [2.45, 2.75) is 39.8 Å². The lowest BCUT2D eigenvalue weighted by molar-refractivity contribution is -0.139. The predicted octanol–water partition coefficient (Wildman–Crippen LogP) is 2.60. The van der Waals surface area contributed by atoms with Crippen molar-refractivity contribution in [3.8, 4) is 0 Å². The molecule has 1 rings (SSSR count). The predicted molar refractivity (Wildman–Crippen MR) is 80.4 cm³/mol. The van der Waals surface area contributed by atoms with Crippen LogP contribution in [0.3, 0.4) is 0 Å². The Kier molecular flexibility index (Phi) is 5.57. The van der Waals surface area contributed by atoms with Crippen LogP contribution in [-0.2, 0) is 16.1 Å². The molecule has 0 saturated heterocycles. The van der Waals surface area contributed by atoms with Gasteiger partial charge in [-0.2, -0.15) is 0 Å². The van der Waals surface area contributed by atoms with Crippen molar-refractivity contribution in [1.82, 2.24) is 10.2 Å². The van der Waals surface area contributed by atoms with E-state index < -0.39 is 0 Å². The highest BCUT2D eigenvalue weighted by Gasteiger charge is 2.25. The van der Waals surface area contributed by atoms with Crippen LogP contribution in [0.5, 0.6) is 0 Å². The zero-order valence-electron chi connectivity index (χ0n) is 12.4. The standard InChI is InChI=1S/C15H21ClN2O2/c1-11(19)18(15(2,3)4)10-14(20)17-9-12-7-5-6-8-13(12)16/h5-8H,9-10H2,1-4H3,(H,17,20). The van der Waals surface area contributed by atoms with Crippen LogP contribution in [-0.4, -0.2) is 28.8 Å². The summed E-state index contributed by atoms with van der Waals surface area (Å²) in [7, 11) is 0. The Hall–Kier alpha value is -1.55. The topological polar surface area (TPSA) is 49.4 Å². The molecule has 20 heavy (non-hydrogen) atoms. The van der Waals surface area contributed by atoms with Crippen LogP contribution in [0.15, 0.2) is 24.3 Å². The van der Waals surface area contributed by atoms with Crippen molar-refractivity contribution in [2.24, 2.45) is 0 Å². The molecule has 110 valence electrons. The van der Waals surface area contributed by atoms with Crippen LogP contribution in [0.2, 0.25) is 5.02 Å². The van der Waals surface area contributed by atoms with Crippen molar-refractivity contribution in [2.75, 3.05) is 6.54 Å². The summed E-state index contributed by atoms with van der Waals surface area (Å²) in [4.78, 5) is 25.1. The SMILES string of the molecule is CC(=O)N(CC(=O)NCc1ccccc1Cl)C(C)(C)C. The molecule has 1 aromatic rings. The van der Waals surface area contributed by atoms with E-state index >= 15 is 0 Å². The van der Waals surface area contributed by atoms with Gasteiger partial charge >= 0.3 is 0 Å². The lowest BCUT2D eigenvalue weighted by atomic mass is 10.1. The van der Waals surface area contributed by atoms with Crippen molar-refractivity contribution >= 4 is 23.4 Å².